The van der Waals surface area contributed by atoms with Crippen molar-refractivity contribution in [2.75, 3.05) is 13.6 Å². The van der Waals surface area contributed by atoms with Crippen LogP contribution in [0.4, 0.5) is 0 Å². The summed E-state index contributed by atoms with van der Waals surface area (Å²) in [6, 6.07) is 5.78. The third-order valence-corrected chi connectivity index (χ3v) is 2.16. The molecule has 2 aromatic rings. The first-order valence-corrected chi connectivity index (χ1v) is 5.24. The molecule has 1 N–H and O–H groups in total. The molecule has 0 radical (unpaired) electrons. The second-order valence-corrected chi connectivity index (χ2v) is 3.46. The maximum atomic E-state index is 5.11. The average Bonchev–Trinajstić information content (AvgIpc) is 2.75. The van der Waals surface area contributed by atoms with Gasteiger partial charge in [0, 0.05) is 24.9 Å². The Morgan fingerprint density at radius 2 is 2.31 bits per heavy atom. The van der Waals surface area contributed by atoms with Crippen molar-refractivity contribution >= 4 is 0 Å². The van der Waals surface area contributed by atoms with Crippen molar-refractivity contribution in [3.63, 3.8) is 0 Å². The largest absolute Gasteiger partial charge is 0.339 e. The Morgan fingerprint density at radius 3 is 3.06 bits per heavy atom. The van der Waals surface area contributed by atoms with E-state index in [0.717, 1.165) is 18.7 Å². The van der Waals surface area contributed by atoms with Crippen molar-refractivity contribution in [2.24, 2.45) is 0 Å². The third-order valence-electron chi connectivity index (χ3n) is 2.16. The van der Waals surface area contributed by atoms with Gasteiger partial charge in [0.1, 0.15) is 0 Å². The molecule has 0 aliphatic carbocycles. The van der Waals surface area contributed by atoms with Gasteiger partial charge in [0.2, 0.25) is 5.89 Å². The first-order chi connectivity index (χ1) is 7.88. The summed E-state index contributed by atoms with van der Waals surface area (Å²) in [5.74, 6) is 1.35. The van der Waals surface area contributed by atoms with E-state index in [4.69, 9.17) is 4.52 Å². The van der Waals surface area contributed by atoms with Crippen molar-refractivity contribution in [1.29, 1.82) is 0 Å². The summed E-state index contributed by atoms with van der Waals surface area (Å²) >= 11 is 0. The van der Waals surface area contributed by atoms with Gasteiger partial charge in [-0.05, 0) is 19.2 Å². The minimum Gasteiger partial charge on any atom is -0.339 e. The molecule has 5 nitrogen and oxygen atoms in total. The lowest BCUT2D eigenvalue weighted by atomic mass is 10.2. The number of likely N-dealkylation sites (N-methyl/N-ethyl adjacent to an activating group) is 1. The van der Waals surface area contributed by atoms with Crippen molar-refractivity contribution in [3.8, 4) is 0 Å². The molecule has 0 bridgehead atoms. The highest BCUT2D eigenvalue weighted by Crippen LogP contribution is 2.04. The number of nitrogens with zero attached hydrogens (tertiary/aromatic N) is 3. The van der Waals surface area contributed by atoms with Crippen LogP contribution in [0.2, 0.25) is 0 Å². The van der Waals surface area contributed by atoms with E-state index in [1.54, 1.807) is 6.20 Å². The molecule has 0 fully saturated rings. The number of aromatic nitrogens is 3. The van der Waals surface area contributed by atoms with E-state index >= 15 is 0 Å². The van der Waals surface area contributed by atoms with Gasteiger partial charge in [-0.25, -0.2) is 0 Å². The van der Waals surface area contributed by atoms with E-state index in [1.165, 1.54) is 0 Å². The van der Waals surface area contributed by atoms with Crippen LogP contribution in [0.5, 0.6) is 0 Å². The van der Waals surface area contributed by atoms with Gasteiger partial charge in [-0.15, -0.1) is 0 Å². The predicted molar refractivity (Wildman–Crippen MR) is 59.0 cm³/mol. The highest BCUT2D eigenvalue weighted by Gasteiger charge is 2.06. The molecule has 84 valence electrons. The number of hydrogen-bond donors (Lipinski definition) is 1. The fourth-order valence-electron chi connectivity index (χ4n) is 1.36. The molecular formula is C11H14N4O. The molecule has 0 amide bonds. The second-order valence-electron chi connectivity index (χ2n) is 3.46. The summed E-state index contributed by atoms with van der Waals surface area (Å²) in [4.78, 5) is 8.50. The Labute approximate surface area is 93.9 Å². The summed E-state index contributed by atoms with van der Waals surface area (Å²) in [7, 11) is 1.89. The fourth-order valence-corrected chi connectivity index (χ4v) is 1.36. The van der Waals surface area contributed by atoms with Gasteiger partial charge in [0.25, 0.3) is 0 Å². The maximum Gasteiger partial charge on any atom is 0.227 e. The molecule has 0 saturated carbocycles. The molecule has 5 heteroatoms. The molecule has 2 heterocycles. The molecule has 2 rings (SSSR count). The van der Waals surface area contributed by atoms with Gasteiger partial charge < -0.3 is 9.84 Å². The van der Waals surface area contributed by atoms with E-state index in [-0.39, 0.29) is 0 Å². The standard InChI is InChI=1S/C11H14N4O/c1-12-7-5-11-14-10(15-16-11)8-9-4-2-3-6-13-9/h2-4,6,12H,5,7-8H2,1H3. The molecular weight excluding hydrogens is 204 g/mol. The second kappa shape index (κ2) is 5.37. The topological polar surface area (TPSA) is 63.8 Å². The lowest BCUT2D eigenvalue weighted by Gasteiger charge is -1.93. The Bertz CT molecular complexity index is 427. The number of rotatable bonds is 5. The van der Waals surface area contributed by atoms with Crippen LogP contribution in [-0.4, -0.2) is 28.7 Å². The highest BCUT2D eigenvalue weighted by molar-refractivity contribution is 5.09. The van der Waals surface area contributed by atoms with Crippen LogP contribution < -0.4 is 5.32 Å². The van der Waals surface area contributed by atoms with Gasteiger partial charge in [-0.1, -0.05) is 11.2 Å². The summed E-state index contributed by atoms with van der Waals surface area (Å²) in [5.41, 5.74) is 0.948. The van der Waals surface area contributed by atoms with Crippen LogP contribution in [0, 0.1) is 0 Å². The quantitative estimate of drug-likeness (QED) is 0.804. The van der Waals surface area contributed by atoms with Gasteiger partial charge in [-0.2, -0.15) is 4.98 Å². The van der Waals surface area contributed by atoms with Crippen LogP contribution in [-0.2, 0) is 12.8 Å². The van der Waals surface area contributed by atoms with E-state index in [0.29, 0.717) is 18.1 Å². The van der Waals surface area contributed by atoms with E-state index in [9.17, 15) is 0 Å². The molecule has 0 atom stereocenters. The zero-order valence-electron chi connectivity index (χ0n) is 9.18. The van der Waals surface area contributed by atoms with Crippen molar-refractivity contribution in [2.45, 2.75) is 12.8 Å². The van der Waals surface area contributed by atoms with Crippen LogP contribution in [0.15, 0.2) is 28.9 Å². The fraction of sp³-hybridized carbons (Fsp3) is 0.364. The summed E-state index contributed by atoms with van der Waals surface area (Å²) in [5, 5.41) is 6.95. The number of nitrogens with one attached hydrogen (secondary N) is 1. The van der Waals surface area contributed by atoms with Crippen LogP contribution in [0.3, 0.4) is 0 Å². The molecule has 2 aromatic heterocycles. The normalized spacial score (nSPS) is 10.6. The first kappa shape index (κ1) is 10.8. The number of hydrogen-bond acceptors (Lipinski definition) is 5. The van der Waals surface area contributed by atoms with E-state index in [1.807, 2.05) is 25.2 Å². The van der Waals surface area contributed by atoms with Gasteiger partial charge in [0.15, 0.2) is 5.82 Å². The molecule has 0 aliphatic rings. The molecule has 0 aromatic carbocycles. The Balaban J connectivity index is 1.97. The zero-order chi connectivity index (χ0) is 11.2. The van der Waals surface area contributed by atoms with E-state index < -0.39 is 0 Å². The van der Waals surface area contributed by atoms with Crippen molar-refractivity contribution < 1.29 is 4.52 Å². The average molecular weight is 218 g/mol. The van der Waals surface area contributed by atoms with Crippen LogP contribution in [0.25, 0.3) is 0 Å². The number of pyridine rings is 1. The minimum absolute atomic E-state index is 0.615. The summed E-state index contributed by atoms with van der Waals surface area (Å²) in [6.07, 6.45) is 3.13. The maximum absolute atomic E-state index is 5.11. The monoisotopic (exact) mass is 218 g/mol. The Hall–Kier alpha value is -1.75. The summed E-state index contributed by atoms with van der Waals surface area (Å²) in [6.45, 7) is 0.839. The van der Waals surface area contributed by atoms with Crippen molar-refractivity contribution in [1.82, 2.24) is 20.4 Å². The Morgan fingerprint density at radius 1 is 1.38 bits per heavy atom. The SMILES string of the molecule is CNCCc1nc(Cc2ccccn2)no1. The van der Waals surface area contributed by atoms with E-state index in [2.05, 4.69) is 20.4 Å². The first-order valence-electron chi connectivity index (χ1n) is 5.24. The van der Waals surface area contributed by atoms with Gasteiger partial charge in [0.05, 0.1) is 6.42 Å². The molecule has 0 unspecified atom stereocenters. The predicted octanol–water partition coefficient (Wildman–Crippen LogP) is 0.817. The van der Waals surface area contributed by atoms with Crippen molar-refractivity contribution in [3.05, 3.63) is 41.8 Å². The molecule has 16 heavy (non-hydrogen) atoms. The van der Waals surface area contributed by atoms with Crippen LogP contribution in [0.1, 0.15) is 17.4 Å². The van der Waals surface area contributed by atoms with Gasteiger partial charge in [-0.3, -0.25) is 4.98 Å². The Kier molecular flexibility index (Phi) is 3.61. The molecule has 0 aliphatic heterocycles. The lowest BCUT2D eigenvalue weighted by Crippen LogP contribution is -2.10. The zero-order valence-corrected chi connectivity index (χ0v) is 9.18. The third kappa shape index (κ3) is 2.87. The molecule has 0 spiro atoms. The molecule has 0 saturated heterocycles. The lowest BCUT2D eigenvalue weighted by molar-refractivity contribution is 0.372. The van der Waals surface area contributed by atoms with Gasteiger partial charge >= 0.3 is 0 Å². The summed E-state index contributed by atoms with van der Waals surface area (Å²) < 4.78 is 5.11. The minimum atomic E-state index is 0.615. The smallest absolute Gasteiger partial charge is 0.227 e. The van der Waals surface area contributed by atoms with Crippen LogP contribution >= 0.6 is 0 Å². The highest BCUT2D eigenvalue weighted by atomic mass is 16.5.